The van der Waals surface area contributed by atoms with Gasteiger partial charge in [0.15, 0.2) is 0 Å². The van der Waals surface area contributed by atoms with Gasteiger partial charge < -0.3 is 9.30 Å². The van der Waals surface area contributed by atoms with E-state index in [1.54, 1.807) is 0 Å². The Morgan fingerprint density at radius 2 is 1.78 bits per heavy atom. The summed E-state index contributed by atoms with van der Waals surface area (Å²) in [4.78, 5) is 0. The lowest BCUT2D eigenvalue weighted by molar-refractivity contribution is 0.296. The highest BCUT2D eigenvalue weighted by Crippen LogP contribution is 2.14. The molecule has 0 saturated heterocycles. The number of aryl methyl sites for hydroxylation is 3. The Morgan fingerprint density at radius 3 is 2.44 bits per heavy atom. The van der Waals surface area contributed by atoms with E-state index in [2.05, 4.69) is 55.7 Å². The summed E-state index contributed by atoms with van der Waals surface area (Å²) in [5, 5.41) is 0. The highest BCUT2D eigenvalue weighted by atomic mass is 16.5. The van der Waals surface area contributed by atoms with Crippen LogP contribution in [0.15, 0.2) is 36.4 Å². The molecule has 2 rings (SSSR count). The molecule has 0 spiro atoms. The van der Waals surface area contributed by atoms with Crippen LogP contribution in [0.4, 0.5) is 0 Å². The lowest BCUT2D eigenvalue weighted by Crippen LogP contribution is -2.10. The van der Waals surface area contributed by atoms with E-state index < -0.39 is 0 Å². The molecular weight excluding hydrogens is 222 g/mol. The minimum absolute atomic E-state index is 0.712. The molecule has 0 unspecified atom stereocenters. The van der Waals surface area contributed by atoms with Crippen molar-refractivity contribution in [3.05, 3.63) is 53.3 Å². The second-order valence-corrected chi connectivity index (χ2v) is 4.62. The van der Waals surface area contributed by atoms with E-state index in [1.807, 2.05) is 6.07 Å². The molecule has 96 valence electrons. The number of hydrogen-bond donors (Lipinski definition) is 0. The van der Waals surface area contributed by atoms with E-state index in [-0.39, 0.29) is 0 Å². The molecule has 0 fully saturated rings. The second kappa shape index (κ2) is 5.76. The maximum Gasteiger partial charge on any atom is 0.119 e. The molecule has 0 atom stereocenters. The van der Waals surface area contributed by atoms with Crippen molar-refractivity contribution in [2.45, 2.75) is 33.7 Å². The number of hydrogen-bond acceptors (Lipinski definition) is 1. The largest absolute Gasteiger partial charge is 0.492 e. The quantitative estimate of drug-likeness (QED) is 0.780. The molecule has 0 aliphatic heterocycles. The molecule has 0 aliphatic carbocycles. The molecule has 1 aromatic heterocycles. The fourth-order valence-electron chi connectivity index (χ4n) is 2.16. The maximum atomic E-state index is 5.81. The molecule has 2 heteroatoms. The summed E-state index contributed by atoms with van der Waals surface area (Å²) in [6, 6.07) is 12.6. The summed E-state index contributed by atoms with van der Waals surface area (Å²) in [7, 11) is 0. The average Bonchev–Trinajstić information content (AvgIpc) is 2.70. The first-order valence-electron chi connectivity index (χ1n) is 6.55. The van der Waals surface area contributed by atoms with Gasteiger partial charge >= 0.3 is 0 Å². The van der Waals surface area contributed by atoms with Gasteiger partial charge in [-0.15, -0.1) is 0 Å². The van der Waals surface area contributed by atoms with Gasteiger partial charge in [0.2, 0.25) is 0 Å². The smallest absolute Gasteiger partial charge is 0.119 e. The van der Waals surface area contributed by atoms with Crippen LogP contribution in [0, 0.1) is 13.8 Å². The van der Waals surface area contributed by atoms with Crippen molar-refractivity contribution >= 4 is 0 Å². The summed E-state index contributed by atoms with van der Waals surface area (Å²) in [5.41, 5.74) is 3.90. The van der Waals surface area contributed by atoms with Crippen molar-refractivity contribution in [1.29, 1.82) is 0 Å². The van der Waals surface area contributed by atoms with Crippen molar-refractivity contribution < 1.29 is 4.74 Å². The SMILES string of the molecule is CCc1cccc(OCCn2c(C)ccc2C)c1. The Hall–Kier alpha value is -1.70. The Kier molecular flexibility index (Phi) is 4.08. The zero-order valence-electron chi connectivity index (χ0n) is 11.4. The van der Waals surface area contributed by atoms with Gasteiger partial charge in [-0.3, -0.25) is 0 Å². The topological polar surface area (TPSA) is 14.2 Å². The van der Waals surface area contributed by atoms with Crippen molar-refractivity contribution in [3.63, 3.8) is 0 Å². The predicted molar refractivity (Wildman–Crippen MR) is 75.2 cm³/mol. The lowest BCUT2D eigenvalue weighted by atomic mass is 10.2. The van der Waals surface area contributed by atoms with Crippen molar-refractivity contribution in [2.75, 3.05) is 6.61 Å². The summed E-state index contributed by atoms with van der Waals surface area (Å²) in [6.07, 6.45) is 1.05. The Labute approximate surface area is 109 Å². The molecule has 0 saturated carbocycles. The van der Waals surface area contributed by atoms with Gasteiger partial charge in [-0.2, -0.15) is 0 Å². The zero-order valence-corrected chi connectivity index (χ0v) is 11.4. The van der Waals surface area contributed by atoms with E-state index in [0.29, 0.717) is 6.61 Å². The maximum absolute atomic E-state index is 5.81. The van der Waals surface area contributed by atoms with E-state index in [1.165, 1.54) is 17.0 Å². The van der Waals surface area contributed by atoms with Crippen molar-refractivity contribution in [3.8, 4) is 5.75 Å². The van der Waals surface area contributed by atoms with Gasteiger partial charge in [-0.25, -0.2) is 0 Å². The first-order valence-corrected chi connectivity index (χ1v) is 6.55. The van der Waals surface area contributed by atoms with Crippen LogP contribution in [0.2, 0.25) is 0 Å². The third-order valence-electron chi connectivity index (χ3n) is 3.31. The van der Waals surface area contributed by atoms with Gasteiger partial charge in [0, 0.05) is 11.4 Å². The number of rotatable bonds is 5. The third-order valence-corrected chi connectivity index (χ3v) is 3.31. The minimum Gasteiger partial charge on any atom is -0.492 e. The fraction of sp³-hybridized carbons (Fsp3) is 0.375. The molecule has 0 N–H and O–H groups in total. The van der Waals surface area contributed by atoms with Gasteiger partial charge in [0.05, 0.1) is 6.54 Å². The summed E-state index contributed by atoms with van der Waals surface area (Å²) < 4.78 is 8.09. The molecule has 1 aromatic carbocycles. The fourth-order valence-corrected chi connectivity index (χ4v) is 2.16. The molecule has 0 bridgehead atoms. The van der Waals surface area contributed by atoms with Crippen LogP contribution in [0.3, 0.4) is 0 Å². The monoisotopic (exact) mass is 243 g/mol. The first kappa shape index (κ1) is 12.7. The van der Waals surface area contributed by atoms with Gasteiger partial charge in [0.1, 0.15) is 12.4 Å². The van der Waals surface area contributed by atoms with E-state index in [4.69, 9.17) is 4.74 Å². The van der Waals surface area contributed by atoms with Gasteiger partial charge in [0.25, 0.3) is 0 Å². The van der Waals surface area contributed by atoms with Gasteiger partial charge in [-0.1, -0.05) is 19.1 Å². The Balaban J connectivity index is 1.92. The summed E-state index contributed by atoms with van der Waals surface area (Å²) >= 11 is 0. The Bertz CT molecular complexity index is 494. The minimum atomic E-state index is 0.712. The van der Waals surface area contributed by atoms with Crippen LogP contribution >= 0.6 is 0 Å². The zero-order chi connectivity index (χ0) is 13.0. The summed E-state index contributed by atoms with van der Waals surface area (Å²) in [5.74, 6) is 0.969. The Morgan fingerprint density at radius 1 is 1.06 bits per heavy atom. The molecule has 1 heterocycles. The van der Waals surface area contributed by atoms with Crippen LogP contribution in [0.1, 0.15) is 23.9 Å². The van der Waals surface area contributed by atoms with Crippen LogP contribution in [-0.2, 0) is 13.0 Å². The van der Waals surface area contributed by atoms with E-state index in [0.717, 1.165) is 18.7 Å². The first-order chi connectivity index (χ1) is 8.70. The highest BCUT2D eigenvalue weighted by molar-refractivity contribution is 5.28. The molecule has 2 nitrogen and oxygen atoms in total. The summed E-state index contributed by atoms with van der Waals surface area (Å²) in [6.45, 7) is 8.03. The standard InChI is InChI=1S/C16H21NO/c1-4-15-6-5-7-16(12-15)18-11-10-17-13(2)8-9-14(17)3/h5-9,12H,4,10-11H2,1-3H3. The normalized spacial score (nSPS) is 10.6. The number of ether oxygens (including phenoxy) is 1. The molecule has 2 aromatic rings. The third kappa shape index (κ3) is 2.95. The molecule has 18 heavy (non-hydrogen) atoms. The van der Waals surface area contributed by atoms with Crippen LogP contribution in [0.5, 0.6) is 5.75 Å². The van der Waals surface area contributed by atoms with Crippen molar-refractivity contribution in [1.82, 2.24) is 4.57 Å². The van der Waals surface area contributed by atoms with Gasteiger partial charge in [-0.05, 0) is 50.1 Å². The second-order valence-electron chi connectivity index (χ2n) is 4.62. The van der Waals surface area contributed by atoms with E-state index in [9.17, 15) is 0 Å². The van der Waals surface area contributed by atoms with E-state index >= 15 is 0 Å². The van der Waals surface area contributed by atoms with Crippen LogP contribution in [-0.4, -0.2) is 11.2 Å². The van der Waals surface area contributed by atoms with Crippen molar-refractivity contribution in [2.24, 2.45) is 0 Å². The lowest BCUT2D eigenvalue weighted by Gasteiger charge is -2.11. The average molecular weight is 243 g/mol. The predicted octanol–water partition coefficient (Wildman–Crippen LogP) is 3.75. The van der Waals surface area contributed by atoms with Crippen LogP contribution in [0.25, 0.3) is 0 Å². The molecule has 0 radical (unpaired) electrons. The number of nitrogens with zero attached hydrogens (tertiary/aromatic N) is 1. The number of benzene rings is 1. The van der Waals surface area contributed by atoms with Crippen LogP contribution < -0.4 is 4.74 Å². The molecule has 0 amide bonds. The highest BCUT2D eigenvalue weighted by Gasteiger charge is 2.01. The number of aromatic nitrogens is 1. The molecular formula is C16H21NO. The molecule has 0 aliphatic rings.